The Labute approximate surface area is 114 Å². The fraction of sp³-hybridized carbons (Fsp3) is 0.0667. The van der Waals surface area contributed by atoms with Gasteiger partial charge >= 0.3 is 0 Å². The number of hydrogen-bond acceptors (Lipinski definition) is 4. The quantitative estimate of drug-likeness (QED) is 0.708. The lowest BCUT2D eigenvalue weighted by atomic mass is 10.1. The third-order valence-electron chi connectivity index (χ3n) is 2.96. The van der Waals surface area contributed by atoms with Gasteiger partial charge in [0.15, 0.2) is 5.75 Å². The van der Waals surface area contributed by atoms with Crippen LogP contribution in [0.5, 0.6) is 5.75 Å². The van der Waals surface area contributed by atoms with Crippen molar-refractivity contribution in [2.75, 3.05) is 7.11 Å². The number of aromatic nitrogens is 1. The highest BCUT2D eigenvalue weighted by molar-refractivity contribution is 7.17. The van der Waals surface area contributed by atoms with Crippen molar-refractivity contribution in [1.82, 2.24) is 4.98 Å². The molecule has 3 rings (SSSR count). The zero-order valence-corrected chi connectivity index (χ0v) is 11.1. The van der Waals surface area contributed by atoms with Gasteiger partial charge in [0.1, 0.15) is 6.07 Å². The summed E-state index contributed by atoms with van der Waals surface area (Å²) in [4.78, 5) is 4.38. The summed E-state index contributed by atoms with van der Waals surface area (Å²) < 4.78 is 6.33. The maximum absolute atomic E-state index is 9.13. The largest absolute Gasteiger partial charge is 0.494 e. The Hall–Kier alpha value is -2.38. The Balaban J connectivity index is 2.20. The molecule has 3 nitrogen and oxygen atoms in total. The van der Waals surface area contributed by atoms with Crippen molar-refractivity contribution in [2.24, 2.45) is 0 Å². The molecule has 0 aliphatic carbocycles. The Kier molecular flexibility index (Phi) is 2.90. The summed E-state index contributed by atoms with van der Waals surface area (Å²) in [6.07, 6.45) is 1.60. The molecule has 0 atom stereocenters. The van der Waals surface area contributed by atoms with Crippen LogP contribution < -0.4 is 4.74 Å². The summed E-state index contributed by atoms with van der Waals surface area (Å²) in [5.74, 6) is 0.505. The number of nitriles is 1. The number of thiophene rings is 1. The van der Waals surface area contributed by atoms with Crippen LogP contribution in [0.2, 0.25) is 0 Å². The number of ether oxygens (including phenoxy) is 1. The van der Waals surface area contributed by atoms with Gasteiger partial charge in [-0.05, 0) is 12.1 Å². The van der Waals surface area contributed by atoms with E-state index in [2.05, 4.69) is 28.6 Å². The molecule has 0 radical (unpaired) electrons. The fourth-order valence-electron chi connectivity index (χ4n) is 2.02. The number of pyridine rings is 1. The van der Waals surface area contributed by atoms with Gasteiger partial charge in [0.2, 0.25) is 0 Å². The van der Waals surface area contributed by atoms with Crippen LogP contribution in [0.4, 0.5) is 0 Å². The maximum atomic E-state index is 9.13. The van der Waals surface area contributed by atoms with Crippen molar-refractivity contribution in [3.63, 3.8) is 0 Å². The standard InChI is InChI=1S/C15H10N2OS/c1-18-14-8-17-13(6-10(14)7-16)12-9-19-15-5-3-2-4-11(12)15/h2-6,8-9H,1H3. The minimum Gasteiger partial charge on any atom is -0.494 e. The third kappa shape index (κ3) is 1.94. The molecule has 0 amide bonds. The summed E-state index contributed by atoms with van der Waals surface area (Å²) in [5.41, 5.74) is 2.36. The van der Waals surface area contributed by atoms with Gasteiger partial charge in [0.05, 0.1) is 24.6 Å². The van der Waals surface area contributed by atoms with E-state index in [1.165, 1.54) is 11.8 Å². The second-order valence-corrected chi connectivity index (χ2v) is 4.94. The third-order valence-corrected chi connectivity index (χ3v) is 3.93. The molecule has 1 aromatic carbocycles. The average molecular weight is 266 g/mol. The van der Waals surface area contributed by atoms with Crippen LogP contribution in [0.15, 0.2) is 41.9 Å². The highest BCUT2D eigenvalue weighted by Crippen LogP contribution is 2.34. The summed E-state index contributed by atoms with van der Waals surface area (Å²) in [7, 11) is 1.54. The molecule has 0 bridgehead atoms. The first-order valence-corrected chi connectivity index (χ1v) is 6.62. The average Bonchev–Trinajstić information content (AvgIpc) is 2.90. The van der Waals surface area contributed by atoms with E-state index in [0.29, 0.717) is 11.3 Å². The monoisotopic (exact) mass is 266 g/mol. The summed E-state index contributed by atoms with van der Waals surface area (Å²) in [6.45, 7) is 0. The van der Waals surface area contributed by atoms with E-state index in [1.807, 2.05) is 12.1 Å². The predicted octanol–water partition coefficient (Wildman–Crippen LogP) is 3.84. The van der Waals surface area contributed by atoms with E-state index >= 15 is 0 Å². The molecule has 3 aromatic rings. The fourth-order valence-corrected chi connectivity index (χ4v) is 2.97. The zero-order valence-electron chi connectivity index (χ0n) is 10.3. The van der Waals surface area contributed by atoms with Gasteiger partial charge < -0.3 is 4.74 Å². The first kappa shape index (κ1) is 11.7. The number of fused-ring (bicyclic) bond motifs is 1. The summed E-state index contributed by atoms with van der Waals surface area (Å²) in [6, 6.07) is 12.1. The maximum Gasteiger partial charge on any atom is 0.154 e. The molecule has 4 heteroatoms. The van der Waals surface area contributed by atoms with Gasteiger partial charge in [-0.2, -0.15) is 5.26 Å². The van der Waals surface area contributed by atoms with E-state index in [4.69, 9.17) is 10.00 Å². The van der Waals surface area contributed by atoms with Gasteiger partial charge in [0.25, 0.3) is 0 Å². The van der Waals surface area contributed by atoms with Crippen LogP contribution in [-0.2, 0) is 0 Å². The molecule has 0 unspecified atom stereocenters. The molecule has 92 valence electrons. The number of benzene rings is 1. The van der Waals surface area contributed by atoms with Crippen LogP contribution in [0.1, 0.15) is 5.56 Å². The van der Waals surface area contributed by atoms with Crippen molar-refractivity contribution in [1.29, 1.82) is 5.26 Å². The first-order chi connectivity index (χ1) is 9.33. The summed E-state index contributed by atoms with van der Waals surface area (Å²) in [5, 5.41) is 12.4. The molecular weight excluding hydrogens is 256 g/mol. The van der Waals surface area contributed by atoms with E-state index in [0.717, 1.165) is 16.6 Å². The normalized spacial score (nSPS) is 10.3. The molecule has 19 heavy (non-hydrogen) atoms. The van der Waals surface area contributed by atoms with Crippen molar-refractivity contribution in [3.8, 4) is 23.1 Å². The minimum atomic E-state index is 0.503. The van der Waals surface area contributed by atoms with Crippen LogP contribution in [-0.4, -0.2) is 12.1 Å². The van der Waals surface area contributed by atoms with Crippen LogP contribution in [0.3, 0.4) is 0 Å². The van der Waals surface area contributed by atoms with Gasteiger partial charge in [-0.15, -0.1) is 11.3 Å². The Morgan fingerprint density at radius 2 is 2.16 bits per heavy atom. The van der Waals surface area contributed by atoms with Crippen LogP contribution in [0, 0.1) is 11.3 Å². The SMILES string of the molecule is COc1cnc(-c2csc3ccccc23)cc1C#N. The molecule has 0 N–H and O–H groups in total. The van der Waals surface area contributed by atoms with E-state index in [9.17, 15) is 0 Å². The highest BCUT2D eigenvalue weighted by atomic mass is 32.1. The Morgan fingerprint density at radius 1 is 1.32 bits per heavy atom. The smallest absolute Gasteiger partial charge is 0.154 e. The van der Waals surface area contributed by atoms with Gasteiger partial charge in [-0.25, -0.2) is 0 Å². The number of methoxy groups -OCH3 is 1. The summed E-state index contributed by atoms with van der Waals surface area (Å²) >= 11 is 1.68. The van der Waals surface area contributed by atoms with Crippen molar-refractivity contribution in [2.45, 2.75) is 0 Å². The molecule has 2 heterocycles. The number of rotatable bonds is 2. The lowest BCUT2D eigenvalue weighted by Gasteiger charge is -2.04. The lowest BCUT2D eigenvalue weighted by Crippen LogP contribution is -1.91. The second kappa shape index (κ2) is 4.71. The zero-order chi connectivity index (χ0) is 13.2. The predicted molar refractivity (Wildman–Crippen MR) is 76.3 cm³/mol. The molecule has 0 saturated carbocycles. The number of nitrogens with zero attached hydrogens (tertiary/aromatic N) is 2. The molecule has 0 aliphatic heterocycles. The Morgan fingerprint density at radius 3 is 2.95 bits per heavy atom. The van der Waals surface area contributed by atoms with Crippen molar-refractivity contribution < 1.29 is 4.74 Å². The first-order valence-electron chi connectivity index (χ1n) is 5.74. The molecule has 0 fully saturated rings. The van der Waals surface area contributed by atoms with E-state index in [1.54, 1.807) is 23.6 Å². The molecule has 2 aromatic heterocycles. The topological polar surface area (TPSA) is 45.9 Å². The van der Waals surface area contributed by atoms with Gasteiger partial charge in [-0.1, -0.05) is 18.2 Å². The Bertz CT molecular complexity index is 786. The minimum absolute atomic E-state index is 0.503. The molecule has 0 aliphatic rings. The van der Waals surface area contributed by atoms with E-state index < -0.39 is 0 Å². The van der Waals surface area contributed by atoms with Crippen molar-refractivity contribution in [3.05, 3.63) is 47.5 Å². The van der Waals surface area contributed by atoms with Crippen LogP contribution >= 0.6 is 11.3 Å². The molecular formula is C15H10N2OS. The van der Waals surface area contributed by atoms with E-state index in [-0.39, 0.29) is 0 Å². The van der Waals surface area contributed by atoms with Crippen molar-refractivity contribution >= 4 is 21.4 Å². The lowest BCUT2D eigenvalue weighted by molar-refractivity contribution is 0.411. The van der Waals surface area contributed by atoms with Gasteiger partial charge in [-0.3, -0.25) is 4.98 Å². The molecule has 0 saturated heterocycles. The van der Waals surface area contributed by atoms with Gasteiger partial charge in [0, 0.05) is 21.0 Å². The number of hydrogen-bond donors (Lipinski definition) is 0. The van der Waals surface area contributed by atoms with Crippen LogP contribution in [0.25, 0.3) is 21.3 Å². The second-order valence-electron chi connectivity index (χ2n) is 4.03. The highest BCUT2D eigenvalue weighted by Gasteiger charge is 2.10. The molecule has 0 spiro atoms.